The van der Waals surface area contributed by atoms with Crippen LogP contribution in [0.2, 0.25) is 0 Å². The lowest BCUT2D eigenvalue weighted by atomic mass is 10.1. The molecule has 0 saturated heterocycles. The number of nitrogens with one attached hydrogen (secondary N) is 1. The molecule has 0 unspecified atom stereocenters. The molecule has 0 spiro atoms. The first kappa shape index (κ1) is 18.2. The lowest BCUT2D eigenvalue weighted by molar-refractivity contribution is 0.414. The Morgan fingerprint density at radius 1 is 1.19 bits per heavy atom. The van der Waals surface area contributed by atoms with Crippen molar-refractivity contribution in [3.05, 3.63) is 58.6 Å². The second-order valence-corrected chi connectivity index (χ2v) is 7.51. The Balaban J connectivity index is 1.75. The molecule has 0 aliphatic carbocycles. The standard InChI is InChI=1S/C18H20N2O5S/c1-3-20-16-8-7-15(12-17(16)25-18(20)21)26(22,23)19-10-9-13-5-4-6-14(11-13)24-2/h4-8,11-12,19H,3,9-10H2,1-2H3. The van der Waals surface area contributed by atoms with Gasteiger partial charge in [-0.3, -0.25) is 4.57 Å². The topological polar surface area (TPSA) is 90.5 Å². The maximum Gasteiger partial charge on any atom is 0.419 e. The van der Waals surface area contributed by atoms with Gasteiger partial charge in [0.1, 0.15) is 5.75 Å². The van der Waals surface area contributed by atoms with Crippen LogP contribution in [-0.4, -0.2) is 26.6 Å². The van der Waals surface area contributed by atoms with Crippen molar-refractivity contribution in [3.63, 3.8) is 0 Å². The first-order valence-electron chi connectivity index (χ1n) is 8.20. The number of sulfonamides is 1. The molecule has 1 aromatic heterocycles. The van der Waals surface area contributed by atoms with E-state index in [-0.39, 0.29) is 17.0 Å². The summed E-state index contributed by atoms with van der Waals surface area (Å²) in [5, 5.41) is 0. The Kier molecular flexibility index (Phi) is 5.15. The molecule has 0 atom stereocenters. The van der Waals surface area contributed by atoms with Crippen molar-refractivity contribution < 1.29 is 17.6 Å². The summed E-state index contributed by atoms with van der Waals surface area (Å²) in [5.74, 6) is 0.231. The van der Waals surface area contributed by atoms with Crippen molar-refractivity contribution in [3.8, 4) is 5.75 Å². The molecular weight excluding hydrogens is 356 g/mol. The number of hydrogen-bond donors (Lipinski definition) is 1. The number of aryl methyl sites for hydroxylation is 1. The van der Waals surface area contributed by atoms with Gasteiger partial charge in [0.05, 0.1) is 17.5 Å². The smallest absolute Gasteiger partial charge is 0.419 e. The number of oxazole rings is 1. The van der Waals surface area contributed by atoms with Gasteiger partial charge >= 0.3 is 5.76 Å². The number of hydrogen-bond acceptors (Lipinski definition) is 5. The molecule has 0 bridgehead atoms. The van der Waals surface area contributed by atoms with Crippen molar-refractivity contribution in [1.29, 1.82) is 0 Å². The predicted octanol–water partition coefficient (Wildman–Crippen LogP) is 2.14. The largest absolute Gasteiger partial charge is 0.497 e. The number of aromatic nitrogens is 1. The van der Waals surface area contributed by atoms with E-state index in [9.17, 15) is 13.2 Å². The highest BCUT2D eigenvalue weighted by Gasteiger charge is 2.17. The van der Waals surface area contributed by atoms with E-state index in [1.165, 1.54) is 16.7 Å². The summed E-state index contributed by atoms with van der Waals surface area (Å²) in [7, 11) is -2.11. The second kappa shape index (κ2) is 7.35. The summed E-state index contributed by atoms with van der Waals surface area (Å²) in [6, 6.07) is 11.9. The van der Waals surface area contributed by atoms with Crippen LogP contribution >= 0.6 is 0 Å². The highest BCUT2D eigenvalue weighted by Crippen LogP contribution is 2.19. The van der Waals surface area contributed by atoms with Crippen molar-refractivity contribution >= 4 is 21.1 Å². The van der Waals surface area contributed by atoms with Gasteiger partial charge in [-0.25, -0.2) is 17.9 Å². The summed E-state index contributed by atoms with van der Waals surface area (Å²) in [6.45, 7) is 2.52. The summed E-state index contributed by atoms with van der Waals surface area (Å²) >= 11 is 0. The van der Waals surface area contributed by atoms with Gasteiger partial charge in [0.25, 0.3) is 0 Å². The fraction of sp³-hybridized carbons (Fsp3) is 0.278. The number of ether oxygens (including phenoxy) is 1. The van der Waals surface area contributed by atoms with Crippen LogP contribution in [0.5, 0.6) is 5.75 Å². The maximum atomic E-state index is 12.5. The molecule has 0 radical (unpaired) electrons. The van der Waals surface area contributed by atoms with E-state index in [4.69, 9.17) is 9.15 Å². The third-order valence-electron chi connectivity index (χ3n) is 4.11. The molecule has 0 saturated carbocycles. The van der Waals surface area contributed by atoms with E-state index in [1.54, 1.807) is 13.2 Å². The average molecular weight is 376 g/mol. The minimum absolute atomic E-state index is 0.0626. The molecule has 1 heterocycles. The average Bonchev–Trinajstić information content (AvgIpc) is 2.95. The summed E-state index contributed by atoms with van der Waals surface area (Å²) < 4.78 is 39.3. The zero-order chi connectivity index (χ0) is 18.7. The van der Waals surface area contributed by atoms with Gasteiger partial charge in [-0.1, -0.05) is 12.1 Å². The van der Waals surface area contributed by atoms with Crippen LogP contribution in [0.1, 0.15) is 12.5 Å². The fourth-order valence-corrected chi connectivity index (χ4v) is 3.80. The molecule has 7 nitrogen and oxygen atoms in total. The molecule has 0 aliphatic rings. The Labute approximate surface area is 151 Å². The lowest BCUT2D eigenvalue weighted by Gasteiger charge is -2.08. The van der Waals surface area contributed by atoms with E-state index < -0.39 is 15.8 Å². The van der Waals surface area contributed by atoms with Crippen LogP contribution in [0.3, 0.4) is 0 Å². The minimum Gasteiger partial charge on any atom is -0.497 e. The third-order valence-corrected chi connectivity index (χ3v) is 5.56. The highest BCUT2D eigenvalue weighted by atomic mass is 32.2. The first-order valence-corrected chi connectivity index (χ1v) is 9.69. The second-order valence-electron chi connectivity index (χ2n) is 5.74. The zero-order valence-electron chi connectivity index (χ0n) is 14.6. The highest BCUT2D eigenvalue weighted by molar-refractivity contribution is 7.89. The van der Waals surface area contributed by atoms with Crippen molar-refractivity contribution in [2.24, 2.45) is 0 Å². The quantitative estimate of drug-likeness (QED) is 0.682. The third kappa shape index (κ3) is 3.66. The first-order chi connectivity index (χ1) is 12.4. The summed E-state index contributed by atoms with van der Waals surface area (Å²) in [5.41, 5.74) is 1.80. The van der Waals surface area contributed by atoms with Gasteiger partial charge in [0.2, 0.25) is 10.0 Å². The number of methoxy groups -OCH3 is 1. The predicted molar refractivity (Wildman–Crippen MR) is 98.0 cm³/mol. The summed E-state index contributed by atoms with van der Waals surface area (Å²) in [6.07, 6.45) is 0.528. The van der Waals surface area contributed by atoms with Crippen LogP contribution in [0.15, 0.2) is 56.6 Å². The maximum absolute atomic E-state index is 12.5. The number of fused-ring (bicyclic) bond motifs is 1. The van der Waals surface area contributed by atoms with Crippen LogP contribution < -0.4 is 15.2 Å². The van der Waals surface area contributed by atoms with Gasteiger partial charge in [-0.15, -0.1) is 0 Å². The lowest BCUT2D eigenvalue weighted by Crippen LogP contribution is -2.26. The van der Waals surface area contributed by atoms with Gasteiger partial charge < -0.3 is 9.15 Å². The Hall–Kier alpha value is -2.58. The normalized spacial score (nSPS) is 11.8. The fourth-order valence-electron chi connectivity index (χ4n) is 2.75. The van der Waals surface area contributed by atoms with Gasteiger partial charge in [-0.05, 0) is 43.2 Å². The van der Waals surface area contributed by atoms with Crippen LogP contribution in [-0.2, 0) is 23.0 Å². The minimum atomic E-state index is -3.70. The molecule has 0 fully saturated rings. The molecule has 26 heavy (non-hydrogen) atoms. The number of rotatable bonds is 7. The van der Waals surface area contributed by atoms with Crippen LogP contribution in [0.25, 0.3) is 11.1 Å². The zero-order valence-corrected chi connectivity index (χ0v) is 15.4. The molecule has 138 valence electrons. The molecule has 3 rings (SSSR count). The van der Waals surface area contributed by atoms with Crippen LogP contribution in [0.4, 0.5) is 0 Å². The molecule has 3 aromatic rings. The van der Waals surface area contributed by atoms with E-state index in [0.717, 1.165) is 11.3 Å². The van der Waals surface area contributed by atoms with Crippen LogP contribution in [0, 0.1) is 0 Å². The Morgan fingerprint density at radius 3 is 2.73 bits per heavy atom. The van der Waals surface area contributed by atoms with Crippen molar-refractivity contribution in [2.75, 3.05) is 13.7 Å². The monoisotopic (exact) mass is 376 g/mol. The summed E-state index contributed by atoms with van der Waals surface area (Å²) in [4.78, 5) is 11.8. The molecule has 1 N–H and O–H groups in total. The van der Waals surface area contributed by atoms with Crippen molar-refractivity contribution in [2.45, 2.75) is 24.8 Å². The molecule has 0 amide bonds. The molecule has 2 aromatic carbocycles. The SMILES string of the molecule is CCn1c(=O)oc2cc(S(=O)(=O)NCCc3cccc(OC)c3)ccc21. The Bertz CT molecular complexity index is 1080. The number of benzene rings is 2. The van der Waals surface area contributed by atoms with Crippen molar-refractivity contribution in [1.82, 2.24) is 9.29 Å². The van der Waals surface area contributed by atoms with Gasteiger partial charge in [0.15, 0.2) is 5.58 Å². The van der Waals surface area contributed by atoms with E-state index in [0.29, 0.717) is 18.5 Å². The van der Waals surface area contributed by atoms with E-state index in [1.807, 2.05) is 31.2 Å². The molecular formula is C18H20N2O5S. The molecule has 8 heteroatoms. The number of nitrogens with zero attached hydrogens (tertiary/aromatic N) is 1. The molecule has 0 aliphatic heterocycles. The van der Waals surface area contributed by atoms with Gasteiger partial charge in [-0.2, -0.15) is 0 Å². The van der Waals surface area contributed by atoms with E-state index >= 15 is 0 Å². The Morgan fingerprint density at radius 2 is 2.00 bits per heavy atom. The van der Waals surface area contributed by atoms with Gasteiger partial charge in [0, 0.05) is 19.2 Å². The van der Waals surface area contributed by atoms with E-state index in [2.05, 4.69) is 4.72 Å².